The molecule has 0 saturated carbocycles. The summed E-state index contributed by atoms with van der Waals surface area (Å²) in [5, 5.41) is 18.4. The van der Waals surface area contributed by atoms with Gasteiger partial charge in [0.25, 0.3) is 0 Å². The third kappa shape index (κ3) is 12.2. The van der Waals surface area contributed by atoms with Gasteiger partial charge in [-0.15, -0.1) is 6.07 Å². The Labute approximate surface area is 313 Å². The van der Waals surface area contributed by atoms with Crippen molar-refractivity contribution >= 4 is 72.9 Å². The number of benzene rings is 7. The van der Waals surface area contributed by atoms with E-state index >= 15 is 0 Å². The molecule has 0 aromatic heterocycles. The monoisotopic (exact) mass is 879 g/mol. The van der Waals surface area contributed by atoms with E-state index in [0.717, 1.165) is 0 Å². The fraction of sp³-hybridized carbons (Fsp3) is 0. The minimum absolute atomic E-state index is 0.0810. The normalized spacial score (nSPS) is 9.98. The molecule has 3 nitrogen and oxygen atoms in total. The van der Waals surface area contributed by atoms with E-state index in [2.05, 4.69) is 204 Å². The maximum atomic E-state index is 9.99. The molecule has 0 amide bonds. The van der Waals surface area contributed by atoms with Gasteiger partial charge in [-0.3, -0.25) is 10.1 Å². The van der Waals surface area contributed by atoms with Crippen molar-refractivity contribution in [1.29, 1.82) is 0 Å². The summed E-state index contributed by atoms with van der Waals surface area (Å²) in [6.45, 7) is 0. The SMILES string of the molecule is O=[N+]([O-])c1c[c-]ccc1.[Pd+][I].c1ccc(P(c2ccccc2)c2ccccc2)cc1.c1ccc(P(c2ccccc2)c2ccccc2)cc1. The molecular formula is C42H34INO2P2Pd. The maximum Gasteiger partial charge on any atom is -0.0134 e. The van der Waals surface area contributed by atoms with Crippen molar-refractivity contribution in [1.82, 2.24) is 0 Å². The molecule has 49 heavy (non-hydrogen) atoms. The summed E-state index contributed by atoms with van der Waals surface area (Å²) < 4.78 is 0. The van der Waals surface area contributed by atoms with Crippen molar-refractivity contribution in [2.45, 2.75) is 0 Å². The average molecular weight is 880 g/mol. The number of nitrogens with zero attached hydrogens (tertiary/aromatic N) is 1. The summed E-state index contributed by atoms with van der Waals surface area (Å²) in [4.78, 5) is 9.54. The summed E-state index contributed by atoms with van der Waals surface area (Å²) in [5.74, 6) is 0. The van der Waals surface area contributed by atoms with Crippen LogP contribution in [0.5, 0.6) is 0 Å². The van der Waals surface area contributed by atoms with Crippen LogP contribution in [0.15, 0.2) is 206 Å². The van der Waals surface area contributed by atoms with Crippen LogP contribution < -0.4 is 31.8 Å². The molecule has 0 unspecified atom stereocenters. The predicted octanol–water partition coefficient (Wildman–Crippen LogP) is 9.17. The van der Waals surface area contributed by atoms with Gasteiger partial charge in [0.05, 0.1) is 0 Å². The zero-order valence-corrected chi connectivity index (χ0v) is 32.0. The number of hydrogen-bond acceptors (Lipinski definition) is 2. The Morgan fingerprint density at radius 1 is 0.429 bits per heavy atom. The minimum atomic E-state index is -0.448. The summed E-state index contributed by atoms with van der Waals surface area (Å²) in [6, 6.07) is 73.2. The molecule has 0 aliphatic heterocycles. The van der Waals surface area contributed by atoms with E-state index in [1.807, 2.05) is 19.5 Å². The van der Waals surface area contributed by atoms with Crippen LogP contribution in [0.2, 0.25) is 0 Å². The van der Waals surface area contributed by atoms with E-state index in [0.29, 0.717) is 0 Å². The van der Waals surface area contributed by atoms with Crippen molar-refractivity contribution in [2.24, 2.45) is 0 Å². The van der Waals surface area contributed by atoms with E-state index in [1.165, 1.54) is 44.0 Å². The molecule has 7 rings (SSSR count). The van der Waals surface area contributed by atoms with Crippen LogP contribution in [-0.4, -0.2) is 4.92 Å². The van der Waals surface area contributed by atoms with Gasteiger partial charge in [0.2, 0.25) is 0 Å². The third-order valence-corrected chi connectivity index (χ3v) is 11.9. The van der Waals surface area contributed by atoms with Crippen LogP contribution in [0.4, 0.5) is 5.69 Å². The summed E-state index contributed by atoms with van der Waals surface area (Å²) in [7, 11) is -0.892. The molecule has 0 bridgehead atoms. The zero-order valence-electron chi connectivity index (χ0n) is 26.5. The minimum Gasteiger partial charge on any atom is -0.0622 e. The Morgan fingerprint density at radius 3 is 0.837 bits per heavy atom. The Morgan fingerprint density at radius 2 is 0.673 bits per heavy atom. The van der Waals surface area contributed by atoms with E-state index in [1.54, 1.807) is 12.1 Å². The van der Waals surface area contributed by atoms with Crippen molar-refractivity contribution in [3.63, 3.8) is 0 Å². The van der Waals surface area contributed by atoms with Crippen LogP contribution >= 0.6 is 35.4 Å². The molecule has 0 N–H and O–H groups in total. The molecule has 7 aromatic carbocycles. The smallest absolute Gasteiger partial charge is 0.0134 e. The fourth-order valence-corrected chi connectivity index (χ4v) is 9.46. The van der Waals surface area contributed by atoms with Gasteiger partial charge in [0.1, 0.15) is 0 Å². The average Bonchev–Trinajstić information content (AvgIpc) is 3.19. The van der Waals surface area contributed by atoms with Gasteiger partial charge in [-0.05, 0) is 47.7 Å². The quantitative estimate of drug-likeness (QED) is 0.0401. The van der Waals surface area contributed by atoms with Crippen molar-refractivity contribution in [2.75, 3.05) is 0 Å². The first-order chi connectivity index (χ1) is 24.2. The van der Waals surface area contributed by atoms with Crippen LogP contribution in [0, 0.1) is 16.2 Å². The zero-order chi connectivity index (χ0) is 34.5. The van der Waals surface area contributed by atoms with E-state index in [4.69, 9.17) is 0 Å². The molecule has 0 spiro atoms. The summed E-state index contributed by atoms with van der Waals surface area (Å²) in [5.41, 5.74) is 0.0810. The van der Waals surface area contributed by atoms with Gasteiger partial charge in [0, 0.05) is 4.92 Å². The van der Waals surface area contributed by atoms with Crippen LogP contribution in [-0.2, 0) is 15.6 Å². The van der Waals surface area contributed by atoms with Crippen molar-refractivity contribution in [3.8, 4) is 0 Å². The number of nitro benzene ring substituents is 1. The second-order valence-electron chi connectivity index (χ2n) is 10.2. The van der Waals surface area contributed by atoms with Crippen LogP contribution in [0.1, 0.15) is 0 Å². The third-order valence-electron chi connectivity index (χ3n) is 6.99. The molecule has 7 aromatic rings. The molecule has 0 aliphatic carbocycles. The number of nitro groups is 1. The molecule has 0 radical (unpaired) electrons. The first-order valence-electron chi connectivity index (χ1n) is 15.3. The standard InChI is InChI=1S/2C18H15P.C6H4NO2.HI.Pd/c2*1-4-10-16(11-5-1)19(17-12-6-2-7-13-17)18-14-8-3-9-15-18;8-7(9)6-4-2-1-3-5-6;;/h2*1-15H;1-2,4-5H;1H;/q;;-1;;+2/p-1. The molecular weight excluding hydrogens is 846 g/mol. The molecule has 0 atom stereocenters. The molecule has 7 heteroatoms. The van der Waals surface area contributed by atoms with Gasteiger partial charge < -0.3 is 0 Å². The number of halogens is 1. The molecule has 246 valence electrons. The molecule has 0 heterocycles. The maximum absolute atomic E-state index is 9.99. The van der Waals surface area contributed by atoms with Crippen LogP contribution in [0.3, 0.4) is 0 Å². The van der Waals surface area contributed by atoms with Gasteiger partial charge in [-0.1, -0.05) is 188 Å². The second kappa shape index (κ2) is 22.0. The Hall–Kier alpha value is -3.81. The predicted molar refractivity (Wildman–Crippen MR) is 216 cm³/mol. The van der Waals surface area contributed by atoms with E-state index < -0.39 is 20.8 Å². The van der Waals surface area contributed by atoms with E-state index in [9.17, 15) is 10.1 Å². The fourth-order valence-electron chi connectivity index (χ4n) is 4.85. The van der Waals surface area contributed by atoms with Crippen molar-refractivity contribution in [3.05, 3.63) is 222 Å². The first kappa shape index (κ1) is 38.0. The van der Waals surface area contributed by atoms with E-state index in [-0.39, 0.29) is 5.69 Å². The Balaban J connectivity index is 0.000000171. The molecule has 0 saturated heterocycles. The number of non-ortho nitro benzene ring substituents is 1. The van der Waals surface area contributed by atoms with Gasteiger partial charge in [-0.25, -0.2) is 0 Å². The van der Waals surface area contributed by atoms with Gasteiger partial charge in [-0.2, -0.15) is 18.2 Å². The second-order valence-corrected chi connectivity index (χ2v) is 14.6. The molecule has 0 aliphatic rings. The summed E-state index contributed by atoms with van der Waals surface area (Å²) >= 11 is 4.72. The topological polar surface area (TPSA) is 43.1 Å². The Bertz CT molecular complexity index is 1590. The first-order valence-corrected chi connectivity index (χ1v) is 22.6. The largest absolute Gasteiger partial charge is 0.0622 e. The number of hydrogen-bond donors (Lipinski definition) is 0. The van der Waals surface area contributed by atoms with Crippen LogP contribution in [0.25, 0.3) is 0 Å². The molecule has 0 fully saturated rings. The van der Waals surface area contributed by atoms with Gasteiger partial charge >= 0.3 is 35.1 Å². The number of rotatable bonds is 7. The van der Waals surface area contributed by atoms with Gasteiger partial charge in [0.15, 0.2) is 5.69 Å². The summed E-state index contributed by atoms with van der Waals surface area (Å²) in [6.07, 6.45) is 0. The van der Waals surface area contributed by atoms with Crippen molar-refractivity contribution < 1.29 is 20.5 Å². The Kier molecular flexibility index (Phi) is 17.1.